The molecule has 9 fully saturated rings. The second-order valence-corrected chi connectivity index (χ2v) is 26.7. The van der Waals surface area contributed by atoms with Crippen molar-refractivity contribution in [3.63, 3.8) is 0 Å². The van der Waals surface area contributed by atoms with Crippen molar-refractivity contribution in [2.45, 2.75) is 304 Å². The van der Waals surface area contributed by atoms with E-state index < -0.39 is 334 Å². The van der Waals surface area contributed by atoms with Crippen LogP contribution < -0.4 is 10.6 Å². The van der Waals surface area contributed by atoms with E-state index in [0.29, 0.717) is 0 Å². The van der Waals surface area contributed by atoms with Gasteiger partial charge in [-0.3, -0.25) is 9.59 Å². The van der Waals surface area contributed by atoms with Crippen LogP contribution in [0.5, 0.6) is 0 Å². The minimum Gasteiger partial charge on any atom is -0.394 e. The number of hydrogen-bond acceptors (Lipinski definition) is 44. The highest BCUT2D eigenvalue weighted by atomic mass is 16.8. The predicted octanol–water partition coefficient (Wildman–Crippen LogP) is -18.3. The SMILES string of the molecule is CC(=O)N[C@@H]1[C@@H](O[C@@H]2O[C@@H](C)[C@@H](O)[C@@H](O)[C@@H]2O)[C@H](O[C@@H]2O[C@H](CO)[C@@H](O[C@@H]3O[C@H](CO[C@H]4O[C@H](CO)[C@@H](O)[C@H](O)[C@@H]4O)[C@@H](O[C@@H]4O[C@H](CO)[C@H](O)[C@H](O)[C@H]4O)[C@H](O[C@H]4O[C@H](CO)[C@@H](O[C@H]5O[C@H](CO)[C@H](O)[C@H](O)[C@H]5O)[C@H](O)[C@@H]4O)[C@@H]3O)[C@H](O)[C@H]2NC(C)=O)[C@@H](CO[C@@H]2O[C@@H](C)[C@@H](O)[C@@H](O)[C@@H]2O)O[C@H]1O. The third kappa shape index (κ3) is 18.2. The maximum absolute atomic E-state index is 13.4. The zero-order valence-electron chi connectivity index (χ0n) is 55.9. The minimum absolute atomic E-state index is 0.883. The minimum atomic E-state index is -2.59. The van der Waals surface area contributed by atoms with E-state index in [9.17, 15) is 137 Å². The monoisotopic (exact) mass is 1530 g/mol. The van der Waals surface area contributed by atoms with E-state index in [2.05, 4.69) is 10.6 Å². The smallest absolute Gasteiger partial charge is 0.217 e. The molecule has 0 aromatic heterocycles. The van der Waals surface area contributed by atoms with Crippen molar-refractivity contribution < 1.29 is 218 Å². The Morgan fingerprint density at radius 3 is 1.01 bits per heavy atom. The normalized spacial score (nSPS) is 51.9. The molecule has 46 heteroatoms. The number of carbonyl (C=O) groups excluding carboxylic acids is 2. The predicted molar refractivity (Wildman–Crippen MR) is 317 cm³/mol. The van der Waals surface area contributed by atoms with Crippen LogP contribution in [-0.2, 0) is 90.1 Å². The fraction of sp³-hybridized carbons (Fsp3) is 0.966. The molecule has 0 aliphatic carbocycles. The van der Waals surface area contributed by atoms with Crippen LogP contribution in [0.1, 0.15) is 27.7 Å². The Morgan fingerprint density at radius 2 is 0.558 bits per heavy atom. The molecule has 46 nitrogen and oxygen atoms in total. The van der Waals surface area contributed by atoms with Gasteiger partial charge in [-0.15, -0.1) is 0 Å². The van der Waals surface area contributed by atoms with Gasteiger partial charge in [0.05, 0.1) is 58.5 Å². The number of amides is 2. The van der Waals surface area contributed by atoms with Crippen LogP contribution in [0.15, 0.2) is 0 Å². The zero-order chi connectivity index (χ0) is 76.5. The summed E-state index contributed by atoms with van der Waals surface area (Å²) < 4.78 is 101. The van der Waals surface area contributed by atoms with Gasteiger partial charge in [-0.2, -0.15) is 0 Å². The Balaban J connectivity index is 1.08. The average Bonchev–Trinajstić information content (AvgIpc) is 0.762. The van der Waals surface area contributed by atoms with Crippen molar-refractivity contribution in [2.24, 2.45) is 0 Å². The Bertz CT molecular complexity index is 2670. The van der Waals surface area contributed by atoms with Gasteiger partial charge in [-0.05, 0) is 13.8 Å². The standard InChI is InChI=1S/C58H98N2O44/c1-12-25(68)31(74)37(80)52(90-12)88-10-21-46(48(24(50(87)92-21)60-15(4)67)103-54-39(82)32(75)26(69)13(2)91-54)101-51-23(59-14(3)66)30(73)44(19(8-64)96-51)99-58-43(86)49(104-57-42(85)36(79)45(20(9-65)97-57)100-55-40(83)34(77)28(71)17(6-62)94-55)47(102-56-41(84)35(78)29(72)18(7-63)95-56)22(98-58)11-89-53-38(81)33(76)27(70)16(5-61)93-53/h12-13,16-58,61-65,68-87H,5-11H2,1-4H3,(H,59,66)(H,60,67)/t12-,13-,16+,17+,18+,19+,20+,21+,22+,23+,24+,25+,26+,27+,28-,29-,30+,31+,32+,33-,34-,35-,36+,37-,38-,39-,40+,41+,42-,43-,44+,45+,46+,47+,48+,49+,50+,51-,52+,53-,54-,55+,56-,57+,58-/m0/s1. The van der Waals surface area contributed by atoms with Gasteiger partial charge in [0.15, 0.2) is 56.6 Å². The van der Waals surface area contributed by atoms with Crippen molar-refractivity contribution in [3.05, 3.63) is 0 Å². The Hall–Kier alpha value is -2.74. The molecule has 604 valence electrons. The first-order chi connectivity index (χ1) is 49.1. The van der Waals surface area contributed by atoms with Crippen LogP contribution in [0, 0.1) is 0 Å². The van der Waals surface area contributed by atoms with E-state index in [4.69, 9.17) is 80.5 Å². The molecule has 0 bridgehead atoms. The number of aliphatic hydroxyl groups excluding tert-OH is 25. The highest BCUT2D eigenvalue weighted by molar-refractivity contribution is 5.73. The zero-order valence-corrected chi connectivity index (χ0v) is 55.9. The van der Waals surface area contributed by atoms with Crippen molar-refractivity contribution >= 4 is 11.8 Å². The molecule has 0 aromatic rings. The van der Waals surface area contributed by atoms with Gasteiger partial charge in [-0.1, -0.05) is 0 Å². The van der Waals surface area contributed by atoms with Gasteiger partial charge >= 0.3 is 0 Å². The fourth-order valence-electron chi connectivity index (χ4n) is 13.5. The lowest BCUT2D eigenvalue weighted by molar-refractivity contribution is -0.407. The van der Waals surface area contributed by atoms with Crippen molar-refractivity contribution in [2.75, 3.05) is 46.2 Å². The van der Waals surface area contributed by atoms with Gasteiger partial charge < -0.3 is 219 Å². The average molecular weight is 1530 g/mol. The number of nitrogens with one attached hydrogen (secondary N) is 2. The topological polar surface area (TPSA) is 721 Å². The van der Waals surface area contributed by atoms with E-state index in [1.165, 1.54) is 13.8 Å². The van der Waals surface area contributed by atoms with Gasteiger partial charge in [-0.25, -0.2) is 0 Å². The Kier molecular flexibility index (Phi) is 30.0. The number of hydrogen-bond donors (Lipinski definition) is 27. The molecule has 9 aliphatic heterocycles. The molecular formula is C58H98N2O44. The van der Waals surface area contributed by atoms with E-state index in [-0.39, 0.29) is 0 Å². The van der Waals surface area contributed by atoms with E-state index in [0.717, 1.165) is 13.8 Å². The first-order valence-electron chi connectivity index (χ1n) is 33.4. The maximum atomic E-state index is 13.4. The highest BCUT2D eigenvalue weighted by Gasteiger charge is 2.61. The quantitative estimate of drug-likeness (QED) is 0.0404. The molecule has 0 aromatic carbocycles. The molecule has 0 radical (unpaired) electrons. The number of aliphatic hydroxyl groups is 25. The summed E-state index contributed by atoms with van der Waals surface area (Å²) in [6.07, 6.45) is -87.6. The third-order valence-electron chi connectivity index (χ3n) is 19.5. The third-order valence-corrected chi connectivity index (χ3v) is 19.5. The lowest BCUT2D eigenvalue weighted by atomic mass is 9.93. The molecule has 9 rings (SSSR count). The van der Waals surface area contributed by atoms with Crippen LogP contribution in [0.3, 0.4) is 0 Å². The van der Waals surface area contributed by atoms with Gasteiger partial charge in [0.25, 0.3) is 0 Å². The number of carbonyl (C=O) groups is 2. The summed E-state index contributed by atoms with van der Waals surface area (Å²) in [6, 6.07) is -3.88. The molecule has 2 amide bonds. The Morgan fingerprint density at radius 1 is 0.269 bits per heavy atom. The molecule has 9 saturated heterocycles. The summed E-state index contributed by atoms with van der Waals surface area (Å²) in [5.41, 5.74) is 0. The first kappa shape index (κ1) is 85.3. The van der Waals surface area contributed by atoms with Crippen molar-refractivity contribution in [1.82, 2.24) is 10.6 Å². The molecule has 0 spiro atoms. The molecule has 0 saturated carbocycles. The summed E-state index contributed by atoms with van der Waals surface area (Å²) in [4.78, 5) is 26.3. The van der Waals surface area contributed by atoms with Gasteiger partial charge in [0.1, 0.15) is 207 Å². The number of ether oxygens (including phenoxy) is 17. The van der Waals surface area contributed by atoms with E-state index in [1.54, 1.807) is 0 Å². The molecule has 9 aliphatic rings. The molecular weight excluding hydrogens is 1430 g/mol. The molecule has 9 heterocycles. The molecule has 0 unspecified atom stereocenters. The van der Waals surface area contributed by atoms with Crippen molar-refractivity contribution in [1.29, 1.82) is 0 Å². The molecule has 45 atom stereocenters. The van der Waals surface area contributed by atoms with Crippen LogP contribution in [0.4, 0.5) is 0 Å². The summed E-state index contributed by atoms with van der Waals surface area (Å²) in [5, 5.41) is 279. The fourth-order valence-corrected chi connectivity index (χ4v) is 13.5. The molecule has 104 heavy (non-hydrogen) atoms. The second-order valence-electron chi connectivity index (χ2n) is 26.7. The lowest BCUT2D eigenvalue weighted by Crippen LogP contribution is -2.71. The van der Waals surface area contributed by atoms with Crippen LogP contribution in [0.25, 0.3) is 0 Å². The summed E-state index contributed by atoms with van der Waals surface area (Å²) >= 11 is 0. The Labute approximate surface area is 589 Å². The molecule has 27 N–H and O–H groups in total. The van der Waals surface area contributed by atoms with Crippen LogP contribution in [-0.4, -0.2) is 462 Å². The summed E-state index contributed by atoms with van der Waals surface area (Å²) in [7, 11) is 0. The number of rotatable bonds is 25. The van der Waals surface area contributed by atoms with Gasteiger partial charge in [0.2, 0.25) is 11.8 Å². The largest absolute Gasteiger partial charge is 0.394 e. The lowest BCUT2D eigenvalue weighted by Gasteiger charge is -2.52. The van der Waals surface area contributed by atoms with Crippen LogP contribution in [0.2, 0.25) is 0 Å². The summed E-state index contributed by atoms with van der Waals surface area (Å²) in [6.45, 7) is -3.04. The first-order valence-corrected chi connectivity index (χ1v) is 33.4. The highest BCUT2D eigenvalue weighted by Crippen LogP contribution is 2.40. The van der Waals surface area contributed by atoms with E-state index >= 15 is 0 Å². The van der Waals surface area contributed by atoms with Crippen LogP contribution >= 0.6 is 0 Å². The van der Waals surface area contributed by atoms with Gasteiger partial charge in [0, 0.05) is 13.8 Å². The van der Waals surface area contributed by atoms with Crippen molar-refractivity contribution in [3.8, 4) is 0 Å². The maximum Gasteiger partial charge on any atom is 0.217 e. The van der Waals surface area contributed by atoms with E-state index in [1.807, 2.05) is 0 Å². The second kappa shape index (κ2) is 36.6. The summed E-state index contributed by atoms with van der Waals surface area (Å²) in [5.74, 6) is -1.88.